The summed E-state index contributed by atoms with van der Waals surface area (Å²) in [6, 6.07) is 19.5. The van der Waals surface area contributed by atoms with Crippen molar-refractivity contribution in [3.8, 4) is 0 Å². The number of nitrogens with one attached hydrogen (secondary N) is 1. The van der Waals surface area contributed by atoms with Gasteiger partial charge in [-0.2, -0.15) is 0 Å². The second-order valence-corrected chi connectivity index (χ2v) is 7.38. The Balaban J connectivity index is 1.60. The summed E-state index contributed by atoms with van der Waals surface area (Å²) in [4.78, 5) is 37.4. The molecule has 4 rings (SSSR count). The number of anilines is 1. The SMILES string of the molecule is COC(=O)c1cc(C)ccc1NC(=O)c1ccc2c(c1)C[C@H](c1ccccc1)OC2=O. The number of rotatable bonds is 4. The van der Waals surface area contributed by atoms with E-state index in [-0.39, 0.29) is 11.5 Å². The van der Waals surface area contributed by atoms with Gasteiger partial charge in [-0.25, -0.2) is 9.59 Å². The Morgan fingerprint density at radius 3 is 2.55 bits per heavy atom. The summed E-state index contributed by atoms with van der Waals surface area (Å²) in [5.41, 5.74) is 4.00. The summed E-state index contributed by atoms with van der Waals surface area (Å²) in [5.74, 6) is -1.32. The van der Waals surface area contributed by atoms with Gasteiger partial charge in [0.05, 0.1) is 23.9 Å². The first-order valence-electron chi connectivity index (χ1n) is 9.85. The number of hydrogen-bond acceptors (Lipinski definition) is 5. The molecule has 3 aromatic carbocycles. The van der Waals surface area contributed by atoms with Crippen LogP contribution in [0.4, 0.5) is 5.69 Å². The molecule has 1 atom stereocenters. The minimum atomic E-state index is -0.530. The van der Waals surface area contributed by atoms with Gasteiger partial charge < -0.3 is 14.8 Å². The van der Waals surface area contributed by atoms with Crippen LogP contribution < -0.4 is 5.32 Å². The van der Waals surface area contributed by atoms with Crippen molar-refractivity contribution in [2.45, 2.75) is 19.4 Å². The highest BCUT2D eigenvalue weighted by Crippen LogP contribution is 2.31. The van der Waals surface area contributed by atoms with Crippen molar-refractivity contribution < 1.29 is 23.9 Å². The molecule has 156 valence electrons. The van der Waals surface area contributed by atoms with Crippen LogP contribution in [-0.2, 0) is 15.9 Å². The predicted octanol–water partition coefficient (Wildman–Crippen LogP) is 4.49. The number of aryl methyl sites for hydroxylation is 1. The molecule has 1 heterocycles. The molecule has 0 aromatic heterocycles. The van der Waals surface area contributed by atoms with Gasteiger partial charge in [-0.05, 0) is 48.4 Å². The molecule has 1 aliphatic heterocycles. The van der Waals surface area contributed by atoms with Gasteiger partial charge in [-0.15, -0.1) is 0 Å². The van der Waals surface area contributed by atoms with Crippen LogP contribution in [0.2, 0.25) is 0 Å². The molecule has 0 spiro atoms. The molecule has 0 fully saturated rings. The molecule has 0 aliphatic carbocycles. The first kappa shape index (κ1) is 20.3. The van der Waals surface area contributed by atoms with Crippen LogP contribution in [0.3, 0.4) is 0 Å². The third-order valence-electron chi connectivity index (χ3n) is 5.24. The van der Waals surface area contributed by atoms with E-state index in [1.54, 1.807) is 36.4 Å². The van der Waals surface area contributed by atoms with E-state index in [1.165, 1.54) is 7.11 Å². The summed E-state index contributed by atoms with van der Waals surface area (Å²) < 4.78 is 10.4. The number of fused-ring (bicyclic) bond motifs is 1. The van der Waals surface area contributed by atoms with Crippen LogP contribution in [0, 0.1) is 6.92 Å². The molecular formula is C25H21NO5. The number of cyclic esters (lactones) is 1. The normalized spacial score (nSPS) is 14.9. The standard InChI is InChI=1S/C25H21NO5/c1-15-8-11-21(20(12-15)24(28)30-2)26-23(27)17-9-10-19-18(13-17)14-22(31-25(19)29)16-6-4-3-5-7-16/h3-13,22H,14H2,1-2H3,(H,26,27)/t22-/m1/s1. The first-order valence-corrected chi connectivity index (χ1v) is 9.85. The second-order valence-electron chi connectivity index (χ2n) is 7.38. The Morgan fingerprint density at radius 2 is 1.81 bits per heavy atom. The van der Waals surface area contributed by atoms with E-state index >= 15 is 0 Å². The monoisotopic (exact) mass is 415 g/mol. The van der Waals surface area contributed by atoms with Crippen molar-refractivity contribution in [2.24, 2.45) is 0 Å². The Morgan fingerprint density at radius 1 is 1.03 bits per heavy atom. The molecule has 3 aromatic rings. The fourth-order valence-electron chi connectivity index (χ4n) is 3.63. The largest absolute Gasteiger partial charge is 0.465 e. The van der Waals surface area contributed by atoms with Gasteiger partial charge in [0.1, 0.15) is 6.10 Å². The predicted molar refractivity (Wildman–Crippen MR) is 115 cm³/mol. The zero-order chi connectivity index (χ0) is 22.0. The maximum atomic E-state index is 12.9. The van der Waals surface area contributed by atoms with Crippen LogP contribution >= 0.6 is 0 Å². The van der Waals surface area contributed by atoms with Gasteiger partial charge in [-0.3, -0.25) is 4.79 Å². The fraction of sp³-hybridized carbons (Fsp3) is 0.160. The van der Waals surface area contributed by atoms with Gasteiger partial charge in [-0.1, -0.05) is 42.0 Å². The van der Waals surface area contributed by atoms with Crippen molar-refractivity contribution >= 4 is 23.5 Å². The lowest BCUT2D eigenvalue weighted by molar-refractivity contribution is 0.0252. The molecule has 0 radical (unpaired) electrons. The maximum absolute atomic E-state index is 12.9. The number of methoxy groups -OCH3 is 1. The van der Waals surface area contributed by atoms with Crippen LogP contribution in [-0.4, -0.2) is 25.0 Å². The molecule has 1 N–H and O–H groups in total. The third-order valence-corrected chi connectivity index (χ3v) is 5.24. The Bertz CT molecular complexity index is 1170. The Hall–Kier alpha value is -3.93. The minimum absolute atomic E-state index is 0.279. The summed E-state index contributed by atoms with van der Waals surface area (Å²) in [5, 5.41) is 2.77. The zero-order valence-corrected chi connectivity index (χ0v) is 17.2. The van der Waals surface area contributed by atoms with Crippen molar-refractivity contribution in [1.29, 1.82) is 0 Å². The van der Waals surface area contributed by atoms with Crippen molar-refractivity contribution in [1.82, 2.24) is 0 Å². The number of carbonyl (C=O) groups excluding carboxylic acids is 3. The van der Waals surface area contributed by atoms with Gasteiger partial charge in [0, 0.05) is 12.0 Å². The van der Waals surface area contributed by atoms with E-state index in [2.05, 4.69) is 5.32 Å². The van der Waals surface area contributed by atoms with E-state index < -0.39 is 18.0 Å². The molecule has 0 saturated carbocycles. The number of amides is 1. The summed E-state index contributed by atoms with van der Waals surface area (Å²) >= 11 is 0. The van der Waals surface area contributed by atoms with Gasteiger partial charge in [0.15, 0.2) is 0 Å². The smallest absolute Gasteiger partial charge is 0.339 e. The second kappa shape index (κ2) is 8.44. The summed E-state index contributed by atoms with van der Waals surface area (Å²) in [6.07, 6.45) is 0.0759. The quantitative estimate of drug-likeness (QED) is 0.635. The summed E-state index contributed by atoms with van der Waals surface area (Å²) in [7, 11) is 1.29. The third kappa shape index (κ3) is 4.19. The maximum Gasteiger partial charge on any atom is 0.339 e. The van der Waals surface area contributed by atoms with Crippen LogP contribution in [0.15, 0.2) is 66.7 Å². The molecule has 31 heavy (non-hydrogen) atoms. The van der Waals surface area contributed by atoms with Crippen LogP contribution in [0.1, 0.15) is 53.9 Å². The van der Waals surface area contributed by atoms with Crippen LogP contribution in [0.25, 0.3) is 0 Å². The number of esters is 2. The lowest BCUT2D eigenvalue weighted by Crippen LogP contribution is -2.23. The lowest BCUT2D eigenvalue weighted by Gasteiger charge is -2.25. The summed E-state index contributed by atoms with van der Waals surface area (Å²) in [6.45, 7) is 1.85. The van der Waals surface area contributed by atoms with E-state index in [4.69, 9.17) is 9.47 Å². The average molecular weight is 415 g/mol. The topological polar surface area (TPSA) is 81.7 Å². The molecule has 0 bridgehead atoms. The van der Waals surface area contributed by atoms with Crippen LogP contribution in [0.5, 0.6) is 0 Å². The lowest BCUT2D eigenvalue weighted by atomic mass is 9.93. The number of benzene rings is 3. The molecule has 6 nitrogen and oxygen atoms in total. The fourth-order valence-corrected chi connectivity index (χ4v) is 3.63. The molecule has 1 amide bonds. The number of hydrogen-bond donors (Lipinski definition) is 1. The van der Waals surface area contributed by atoms with E-state index in [1.807, 2.05) is 37.3 Å². The van der Waals surface area contributed by atoms with Gasteiger partial charge >= 0.3 is 11.9 Å². The molecule has 0 saturated heterocycles. The van der Waals surface area contributed by atoms with Gasteiger partial charge in [0.25, 0.3) is 5.91 Å². The highest BCUT2D eigenvalue weighted by molar-refractivity contribution is 6.08. The molecule has 1 aliphatic rings. The van der Waals surface area contributed by atoms with E-state index in [9.17, 15) is 14.4 Å². The molecule has 6 heteroatoms. The highest BCUT2D eigenvalue weighted by atomic mass is 16.5. The van der Waals surface area contributed by atoms with Crippen molar-refractivity contribution in [2.75, 3.05) is 12.4 Å². The van der Waals surface area contributed by atoms with Crippen molar-refractivity contribution in [3.63, 3.8) is 0 Å². The number of carbonyl (C=O) groups is 3. The number of ether oxygens (including phenoxy) is 2. The highest BCUT2D eigenvalue weighted by Gasteiger charge is 2.28. The van der Waals surface area contributed by atoms with E-state index in [0.29, 0.717) is 23.2 Å². The molecule has 0 unspecified atom stereocenters. The Kier molecular flexibility index (Phi) is 5.54. The molecular weight excluding hydrogens is 394 g/mol. The average Bonchev–Trinajstić information content (AvgIpc) is 2.79. The van der Waals surface area contributed by atoms with Gasteiger partial charge in [0.2, 0.25) is 0 Å². The zero-order valence-electron chi connectivity index (χ0n) is 17.2. The first-order chi connectivity index (χ1) is 15.0. The van der Waals surface area contributed by atoms with Crippen molar-refractivity contribution in [3.05, 3.63) is 100 Å². The van der Waals surface area contributed by atoms with E-state index in [0.717, 1.165) is 16.7 Å². The minimum Gasteiger partial charge on any atom is -0.465 e. The Labute approximate surface area is 179 Å².